The van der Waals surface area contributed by atoms with E-state index < -0.39 is 6.09 Å². The van der Waals surface area contributed by atoms with E-state index in [-0.39, 0.29) is 17.4 Å². The lowest BCUT2D eigenvalue weighted by atomic mass is 10.4. The van der Waals surface area contributed by atoms with Crippen LogP contribution < -0.4 is 10.6 Å². The van der Waals surface area contributed by atoms with Crippen LogP contribution >= 0.6 is 0 Å². The average Bonchev–Trinajstić information content (AvgIpc) is 2.64. The van der Waals surface area contributed by atoms with Crippen molar-refractivity contribution >= 4 is 17.8 Å². The summed E-state index contributed by atoms with van der Waals surface area (Å²) in [6, 6.07) is 0. The highest BCUT2D eigenvalue weighted by Gasteiger charge is 2.14. The second kappa shape index (κ2) is 4.26. The number of amides is 2. The maximum atomic E-state index is 11.2. The van der Waals surface area contributed by atoms with E-state index in [0.29, 0.717) is 0 Å². The summed E-state index contributed by atoms with van der Waals surface area (Å²) in [5, 5.41) is 4.69. The Labute approximate surface area is 79.9 Å². The number of H-pyrrole nitrogens is 1. The molecule has 7 nitrogen and oxygen atoms in total. The average molecular weight is 198 g/mol. The summed E-state index contributed by atoms with van der Waals surface area (Å²) in [5.74, 6) is -0.231. The lowest BCUT2D eigenvalue weighted by Crippen LogP contribution is -2.21. The minimum atomic E-state index is -0.678. The molecule has 0 atom stereocenters. The van der Waals surface area contributed by atoms with Gasteiger partial charge >= 0.3 is 6.09 Å². The van der Waals surface area contributed by atoms with Crippen LogP contribution in [0.4, 0.5) is 10.6 Å². The van der Waals surface area contributed by atoms with E-state index in [2.05, 4.69) is 25.3 Å². The minimum Gasteiger partial charge on any atom is -0.453 e. The molecule has 76 valence electrons. The van der Waals surface area contributed by atoms with Gasteiger partial charge in [-0.05, 0) is 0 Å². The molecule has 0 aromatic carbocycles. The third-order valence-corrected chi connectivity index (χ3v) is 1.50. The SMILES string of the molecule is CNC(=O)c1[nH]cnc1NC(=O)OC. The normalized spacial score (nSPS) is 9.29. The van der Waals surface area contributed by atoms with E-state index in [1.807, 2.05) is 0 Å². The summed E-state index contributed by atoms with van der Waals surface area (Å²) < 4.78 is 4.36. The lowest BCUT2D eigenvalue weighted by molar-refractivity contribution is 0.0959. The first kappa shape index (κ1) is 10.0. The number of nitrogens with one attached hydrogen (secondary N) is 3. The first-order chi connectivity index (χ1) is 6.69. The fraction of sp³-hybridized carbons (Fsp3) is 0.286. The molecular formula is C7H10N4O3. The van der Waals surface area contributed by atoms with Crippen LogP contribution in [0.2, 0.25) is 0 Å². The molecule has 7 heteroatoms. The highest BCUT2D eigenvalue weighted by atomic mass is 16.5. The van der Waals surface area contributed by atoms with Crippen LogP contribution in [0.3, 0.4) is 0 Å². The van der Waals surface area contributed by atoms with Gasteiger partial charge < -0.3 is 15.0 Å². The quantitative estimate of drug-likeness (QED) is 0.620. The van der Waals surface area contributed by atoms with Gasteiger partial charge in [0.15, 0.2) is 5.82 Å². The van der Waals surface area contributed by atoms with Crippen LogP contribution in [0.1, 0.15) is 10.5 Å². The number of ether oxygens (including phenoxy) is 1. The van der Waals surface area contributed by atoms with Crippen molar-refractivity contribution < 1.29 is 14.3 Å². The maximum Gasteiger partial charge on any atom is 0.412 e. The zero-order valence-electron chi connectivity index (χ0n) is 7.75. The van der Waals surface area contributed by atoms with Crippen molar-refractivity contribution in [3.8, 4) is 0 Å². The van der Waals surface area contributed by atoms with Gasteiger partial charge in [0.05, 0.1) is 13.4 Å². The lowest BCUT2D eigenvalue weighted by Gasteiger charge is -2.02. The van der Waals surface area contributed by atoms with Gasteiger partial charge in [0.25, 0.3) is 5.91 Å². The molecule has 0 fully saturated rings. The molecule has 0 bridgehead atoms. The predicted molar refractivity (Wildman–Crippen MR) is 48.0 cm³/mol. The number of carbonyl (C=O) groups is 2. The Balaban J connectivity index is 2.82. The van der Waals surface area contributed by atoms with Crippen molar-refractivity contribution in [3.05, 3.63) is 12.0 Å². The van der Waals surface area contributed by atoms with Gasteiger partial charge in [0, 0.05) is 7.05 Å². The molecule has 1 aromatic rings. The van der Waals surface area contributed by atoms with E-state index in [9.17, 15) is 9.59 Å². The Hall–Kier alpha value is -2.05. The van der Waals surface area contributed by atoms with Gasteiger partial charge in [-0.3, -0.25) is 10.1 Å². The molecule has 0 radical (unpaired) electrons. The first-order valence-corrected chi connectivity index (χ1v) is 3.79. The van der Waals surface area contributed by atoms with Crippen molar-refractivity contribution in [3.63, 3.8) is 0 Å². The van der Waals surface area contributed by atoms with Crippen molar-refractivity contribution in [1.29, 1.82) is 0 Å². The van der Waals surface area contributed by atoms with Crippen LogP contribution in [-0.2, 0) is 4.74 Å². The Morgan fingerprint density at radius 1 is 1.57 bits per heavy atom. The molecule has 0 spiro atoms. The minimum absolute atomic E-state index is 0.135. The molecule has 0 aliphatic carbocycles. The van der Waals surface area contributed by atoms with E-state index >= 15 is 0 Å². The van der Waals surface area contributed by atoms with E-state index in [1.165, 1.54) is 20.5 Å². The molecule has 0 saturated carbocycles. The number of hydrogen-bond donors (Lipinski definition) is 3. The summed E-state index contributed by atoms with van der Waals surface area (Å²) in [6.07, 6.45) is 0.623. The summed E-state index contributed by atoms with van der Waals surface area (Å²) in [6.45, 7) is 0. The Morgan fingerprint density at radius 2 is 2.29 bits per heavy atom. The van der Waals surface area contributed by atoms with Crippen molar-refractivity contribution in [2.24, 2.45) is 0 Å². The molecule has 0 aliphatic rings. The number of nitrogens with zero attached hydrogens (tertiary/aromatic N) is 1. The van der Waals surface area contributed by atoms with Gasteiger partial charge in [-0.1, -0.05) is 0 Å². The number of carbonyl (C=O) groups excluding carboxylic acids is 2. The van der Waals surface area contributed by atoms with Crippen molar-refractivity contribution in [2.75, 3.05) is 19.5 Å². The molecule has 3 N–H and O–H groups in total. The van der Waals surface area contributed by atoms with Crippen molar-refractivity contribution in [2.45, 2.75) is 0 Å². The highest BCUT2D eigenvalue weighted by Crippen LogP contribution is 2.08. The smallest absolute Gasteiger partial charge is 0.412 e. The maximum absolute atomic E-state index is 11.2. The Kier molecular flexibility index (Phi) is 3.05. The first-order valence-electron chi connectivity index (χ1n) is 3.79. The monoisotopic (exact) mass is 198 g/mol. The molecule has 1 aromatic heterocycles. The second-order valence-corrected chi connectivity index (χ2v) is 2.32. The Bertz CT molecular complexity index is 346. The van der Waals surface area contributed by atoms with Crippen LogP contribution in [-0.4, -0.2) is 36.1 Å². The van der Waals surface area contributed by atoms with E-state index in [0.717, 1.165) is 0 Å². The molecule has 0 aliphatic heterocycles. The van der Waals surface area contributed by atoms with Crippen LogP contribution in [0.25, 0.3) is 0 Å². The number of imidazole rings is 1. The largest absolute Gasteiger partial charge is 0.453 e. The molecule has 0 unspecified atom stereocenters. The third-order valence-electron chi connectivity index (χ3n) is 1.50. The van der Waals surface area contributed by atoms with Crippen LogP contribution in [0, 0.1) is 0 Å². The van der Waals surface area contributed by atoms with Gasteiger partial charge in [-0.15, -0.1) is 0 Å². The van der Waals surface area contributed by atoms with E-state index in [1.54, 1.807) is 0 Å². The third kappa shape index (κ3) is 2.00. The summed E-state index contributed by atoms with van der Waals surface area (Å²) in [5.41, 5.74) is 0.179. The fourth-order valence-electron chi connectivity index (χ4n) is 0.835. The summed E-state index contributed by atoms with van der Waals surface area (Å²) >= 11 is 0. The molecular weight excluding hydrogens is 188 g/mol. The van der Waals surface area contributed by atoms with Crippen LogP contribution in [0.15, 0.2) is 6.33 Å². The van der Waals surface area contributed by atoms with Gasteiger partial charge in [0.1, 0.15) is 5.69 Å². The predicted octanol–water partition coefficient (Wildman–Crippen LogP) is -0.0524. The van der Waals surface area contributed by atoms with Crippen LogP contribution in [0.5, 0.6) is 0 Å². The number of methoxy groups -OCH3 is 1. The molecule has 2 amide bonds. The summed E-state index contributed by atoms with van der Waals surface area (Å²) in [4.78, 5) is 28.4. The Morgan fingerprint density at radius 3 is 2.86 bits per heavy atom. The molecule has 1 heterocycles. The van der Waals surface area contributed by atoms with Gasteiger partial charge in [-0.25, -0.2) is 9.78 Å². The molecule has 1 rings (SSSR count). The van der Waals surface area contributed by atoms with Crippen molar-refractivity contribution in [1.82, 2.24) is 15.3 Å². The number of rotatable bonds is 2. The summed E-state index contributed by atoms with van der Waals surface area (Å²) in [7, 11) is 2.70. The molecule has 14 heavy (non-hydrogen) atoms. The number of aromatic nitrogens is 2. The number of hydrogen-bond acceptors (Lipinski definition) is 4. The topological polar surface area (TPSA) is 96.1 Å². The zero-order chi connectivity index (χ0) is 10.6. The van der Waals surface area contributed by atoms with Gasteiger partial charge in [-0.2, -0.15) is 0 Å². The highest BCUT2D eigenvalue weighted by molar-refractivity contribution is 5.99. The molecule has 0 saturated heterocycles. The number of aromatic amines is 1. The second-order valence-electron chi connectivity index (χ2n) is 2.32. The van der Waals surface area contributed by atoms with E-state index in [4.69, 9.17) is 0 Å². The fourth-order valence-corrected chi connectivity index (χ4v) is 0.835. The standard InChI is InChI=1S/C7H10N4O3/c1-8-6(12)4-5(10-3-9-4)11-7(13)14-2/h3H,1-2H3,(H,8,12)(H,9,10)(H,11,13). The zero-order valence-corrected chi connectivity index (χ0v) is 7.75. The number of anilines is 1. The van der Waals surface area contributed by atoms with Gasteiger partial charge in [0.2, 0.25) is 0 Å².